The van der Waals surface area contributed by atoms with Crippen LogP contribution in [-0.4, -0.2) is 36.3 Å². The molecule has 1 aliphatic carbocycles. The van der Waals surface area contributed by atoms with Crippen LogP contribution >= 0.6 is 15.9 Å². The maximum absolute atomic E-state index is 14.7. The second-order valence-electron chi connectivity index (χ2n) is 7.49. The molecule has 4 aromatic rings. The fraction of sp³-hybridized carbons (Fsp3) is 0.190. The van der Waals surface area contributed by atoms with E-state index in [1.165, 1.54) is 0 Å². The second kappa shape index (κ2) is 6.66. The number of rotatable bonds is 5. The van der Waals surface area contributed by atoms with E-state index in [2.05, 4.69) is 21.0 Å². The number of carboxylic acid groups (broad SMARTS) is 2. The molecular weight excluding hydrogens is 457 g/mol. The Morgan fingerprint density at radius 3 is 2.60 bits per heavy atom. The normalized spacial score (nSPS) is 13.9. The van der Waals surface area contributed by atoms with Gasteiger partial charge in [-0.1, -0.05) is 22.0 Å². The molecule has 30 heavy (non-hydrogen) atoms. The van der Waals surface area contributed by atoms with Crippen LogP contribution < -0.4 is 0 Å². The van der Waals surface area contributed by atoms with E-state index in [0.717, 1.165) is 45.0 Å². The summed E-state index contributed by atoms with van der Waals surface area (Å²) in [6.07, 6.45) is 3.32. The first-order chi connectivity index (χ1) is 14.3. The Morgan fingerprint density at radius 2 is 1.93 bits per heavy atom. The Labute approximate surface area is 177 Å². The summed E-state index contributed by atoms with van der Waals surface area (Å²) in [4.78, 5) is 23.4. The molecule has 0 radical (unpaired) electrons. The molecule has 1 saturated carbocycles. The highest BCUT2D eigenvalue weighted by Gasteiger charge is 2.29. The minimum atomic E-state index is -1.33. The zero-order valence-corrected chi connectivity index (χ0v) is 17.1. The van der Waals surface area contributed by atoms with Gasteiger partial charge in [0.1, 0.15) is 16.8 Å². The van der Waals surface area contributed by atoms with Crippen LogP contribution in [-0.2, 0) is 6.54 Å². The van der Waals surface area contributed by atoms with Gasteiger partial charge in [0.2, 0.25) is 0 Å². The lowest BCUT2D eigenvalue weighted by Gasteiger charge is -2.09. The molecule has 0 bridgehead atoms. The average molecular weight is 472 g/mol. The lowest BCUT2D eigenvalue weighted by atomic mass is 10.1. The van der Waals surface area contributed by atoms with Gasteiger partial charge in [0.25, 0.3) is 0 Å². The van der Waals surface area contributed by atoms with Crippen molar-refractivity contribution in [3.63, 3.8) is 0 Å². The summed E-state index contributed by atoms with van der Waals surface area (Å²) in [7, 11) is 0. The van der Waals surface area contributed by atoms with E-state index in [1.54, 1.807) is 0 Å². The van der Waals surface area contributed by atoms with Crippen LogP contribution in [0.3, 0.4) is 0 Å². The number of nitrogens with zero attached hydrogens (tertiary/aromatic N) is 3. The van der Waals surface area contributed by atoms with Gasteiger partial charge in [-0.25, -0.2) is 18.5 Å². The van der Waals surface area contributed by atoms with Crippen LogP contribution in [0.15, 0.2) is 41.0 Å². The van der Waals surface area contributed by atoms with E-state index >= 15 is 0 Å². The Balaban J connectivity index is 1.83. The lowest BCUT2D eigenvalue weighted by molar-refractivity contribution is 0.0688. The van der Waals surface area contributed by atoms with Crippen molar-refractivity contribution in [1.82, 2.24) is 14.2 Å². The third kappa shape index (κ3) is 2.97. The van der Waals surface area contributed by atoms with Gasteiger partial charge < -0.3 is 14.8 Å². The zero-order chi connectivity index (χ0) is 21.2. The van der Waals surface area contributed by atoms with E-state index in [-0.39, 0.29) is 22.3 Å². The van der Waals surface area contributed by atoms with Gasteiger partial charge in [0.15, 0.2) is 5.82 Å². The first kappa shape index (κ1) is 18.8. The van der Waals surface area contributed by atoms with Crippen molar-refractivity contribution >= 4 is 44.3 Å². The molecule has 9 heteroatoms. The molecule has 1 fully saturated rings. The smallest absolute Gasteiger partial charge is 0.340 e. The number of aromatic nitrogens is 3. The average Bonchev–Trinajstić information content (AvgIpc) is 3.31. The van der Waals surface area contributed by atoms with Crippen molar-refractivity contribution in [2.45, 2.75) is 19.4 Å². The van der Waals surface area contributed by atoms with Gasteiger partial charge in [0, 0.05) is 28.1 Å². The minimum Gasteiger partial charge on any atom is -0.478 e. The number of fused-ring (bicyclic) bond motifs is 2. The molecular formula is C21H15BrFN3O4. The van der Waals surface area contributed by atoms with Gasteiger partial charge in [-0.3, -0.25) is 0 Å². The quantitative estimate of drug-likeness (QED) is 0.440. The molecule has 0 atom stereocenters. The van der Waals surface area contributed by atoms with Gasteiger partial charge in [-0.2, -0.15) is 5.10 Å². The number of carbonyl (C=O) groups is 2. The van der Waals surface area contributed by atoms with Crippen molar-refractivity contribution in [2.24, 2.45) is 5.92 Å². The maximum atomic E-state index is 14.7. The fourth-order valence-corrected chi connectivity index (χ4v) is 4.16. The Kier molecular flexibility index (Phi) is 4.18. The molecule has 0 saturated heterocycles. The highest BCUT2D eigenvalue weighted by molar-refractivity contribution is 9.10. The first-order valence-electron chi connectivity index (χ1n) is 9.31. The number of halogens is 2. The maximum Gasteiger partial charge on any atom is 0.340 e. The third-order valence-corrected chi connectivity index (χ3v) is 5.88. The Hall–Kier alpha value is -3.20. The molecule has 0 unspecified atom stereocenters. The van der Waals surface area contributed by atoms with E-state index in [1.807, 2.05) is 28.8 Å². The number of hydrogen-bond donors (Lipinski definition) is 2. The molecule has 3 aromatic heterocycles. The molecule has 0 amide bonds. The summed E-state index contributed by atoms with van der Waals surface area (Å²) in [6, 6.07) is 8.43. The minimum absolute atomic E-state index is 0.108. The van der Waals surface area contributed by atoms with Crippen molar-refractivity contribution in [3.8, 4) is 11.4 Å². The molecule has 1 aromatic carbocycles. The highest BCUT2D eigenvalue weighted by Crippen LogP contribution is 2.38. The van der Waals surface area contributed by atoms with Crippen molar-refractivity contribution in [3.05, 3.63) is 57.9 Å². The first-order valence-corrected chi connectivity index (χ1v) is 10.1. The number of pyridine rings is 1. The van der Waals surface area contributed by atoms with Crippen LogP contribution in [0, 0.1) is 11.7 Å². The van der Waals surface area contributed by atoms with Gasteiger partial charge in [-0.05, 0) is 43.0 Å². The number of carboxylic acids is 2. The van der Waals surface area contributed by atoms with Crippen LogP contribution in [0.2, 0.25) is 0 Å². The van der Waals surface area contributed by atoms with E-state index in [0.29, 0.717) is 18.2 Å². The second-order valence-corrected chi connectivity index (χ2v) is 8.41. The monoisotopic (exact) mass is 471 g/mol. The zero-order valence-electron chi connectivity index (χ0n) is 15.5. The fourth-order valence-electron chi connectivity index (χ4n) is 3.81. The molecule has 0 aliphatic heterocycles. The molecule has 0 spiro atoms. The Morgan fingerprint density at radius 1 is 1.17 bits per heavy atom. The van der Waals surface area contributed by atoms with Crippen LogP contribution in [0.25, 0.3) is 27.8 Å². The van der Waals surface area contributed by atoms with E-state index in [4.69, 9.17) is 0 Å². The van der Waals surface area contributed by atoms with Gasteiger partial charge in [-0.15, -0.1) is 0 Å². The SMILES string of the molecule is O=C(O)c1cc(F)c2c(C(=O)O)c(-c3cc4ccc(Br)cc4n3CC3CC3)nn2c1. The summed E-state index contributed by atoms with van der Waals surface area (Å²) in [5.41, 5.74) is 0.736. The largest absolute Gasteiger partial charge is 0.478 e. The lowest BCUT2D eigenvalue weighted by Crippen LogP contribution is -2.05. The summed E-state index contributed by atoms with van der Waals surface area (Å²) in [6.45, 7) is 0.699. The predicted molar refractivity (Wildman–Crippen MR) is 110 cm³/mol. The molecule has 7 nitrogen and oxygen atoms in total. The number of hydrogen-bond acceptors (Lipinski definition) is 3. The van der Waals surface area contributed by atoms with Gasteiger partial charge >= 0.3 is 11.9 Å². The van der Waals surface area contributed by atoms with Crippen LogP contribution in [0.4, 0.5) is 4.39 Å². The van der Waals surface area contributed by atoms with E-state index in [9.17, 15) is 24.2 Å². The summed E-state index contributed by atoms with van der Waals surface area (Å²) >= 11 is 3.48. The van der Waals surface area contributed by atoms with Gasteiger partial charge in [0.05, 0.1) is 11.3 Å². The number of benzene rings is 1. The van der Waals surface area contributed by atoms with E-state index < -0.39 is 17.8 Å². The third-order valence-electron chi connectivity index (χ3n) is 5.39. The van der Waals surface area contributed by atoms with Crippen LogP contribution in [0.1, 0.15) is 33.6 Å². The Bertz CT molecular complexity index is 1370. The topological polar surface area (TPSA) is 96.8 Å². The molecule has 5 rings (SSSR count). The van der Waals surface area contributed by atoms with Crippen molar-refractivity contribution < 1.29 is 24.2 Å². The highest BCUT2D eigenvalue weighted by atomic mass is 79.9. The van der Waals surface area contributed by atoms with Crippen molar-refractivity contribution in [1.29, 1.82) is 0 Å². The molecule has 152 valence electrons. The predicted octanol–water partition coefficient (Wildman–Crippen LogP) is 4.66. The molecule has 3 heterocycles. The summed E-state index contributed by atoms with van der Waals surface area (Å²) in [5, 5.41) is 24.3. The molecule has 1 aliphatic rings. The van der Waals surface area contributed by atoms with Crippen LogP contribution in [0.5, 0.6) is 0 Å². The molecule has 2 N–H and O–H groups in total. The summed E-state index contributed by atoms with van der Waals surface area (Å²) in [5.74, 6) is -3.10. The number of aromatic carboxylic acids is 2. The summed E-state index contributed by atoms with van der Waals surface area (Å²) < 4.78 is 18.6. The standard InChI is InChI=1S/C21H15BrFN3O4/c22-13-4-3-11-6-16(25(15(11)7-13)8-10-1-2-10)18-17(21(29)30)19-14(23)5-12(20(27)28)9-26(19)24-18/h3-7,9-10H,1-2,8H2,(H,27,28)(H,29,30). The van der Waals surface area contributed by atoms with Crippen molar-refractivity contribution in [2.75, 3.05) is 0 Å².